The zero-order valence-electron chi connectivity index (χ0n) is 37.9. The van der Waals surface area contributed by atoms with E-state index >= 15 is 0 Å². The zero-order chi connectivity index (χ0) is 42.8. The molecule has 1 amide bonds. The van der Waals surface area contributed by atoms with Crippen LogP contribution in [0.3, 0.4) is 0 Å². The summed E-state index contributed by atoms with van der Waals surface area (Å²) in [5.74, 6) is 0.763. The third-order valence-corrected chi connectivity index (χ3v) is 11.7. The van der Waals surface area contributed by atoms with E-state index in [1.807, 2.05) is 0 Å². The molecule has 5 atom stereocenters. The maximum Gasteiger partial charge on any atom is 0.252 e. The molecule has 10 heteroatoms. The topological polar surface area (TPSA) is 147 Å². The molecule has 1 aliphatic rings. The highest BCUT2D eigenvalue weighted by Gasteiger charge is 2.44. The summed E-state index contributed by atoms with van der Waals surface area (Å²) >= 11 is 0. The Balaban J connectivity index is 2.14. The first-order chi connectivity index (χ1) is 28.9. The largest absolute Gasteiger partial charge is 0.490 e. The summed E-state index contributed by atoms with van der Waals surface area (Å²) in [7, 11) is 0. The van der Waals surface area contributed by atoms with Crippen LogP contribution in [0.15, 0.2) is 12.1 Å². The number of aliphatic hydroxyl groups is 4. The number of nitrogens with one attached hydrogen (secondary N) is 1. The number of carbonyl (C=O) groups is 1. The lowest BCUT2D eigenvalue weighted by atomic mass is 9.96. The van der Waals surface area contributed by atoms with Gasteiger partial charge in [-0.15, -0.1) is 0 Å². The van der Waals surface area contributed by atoms with Gasteiger partial charge in [-0.25, -0.2) is 0 Å². The van der Waals surface area contributed by atoms with Crippen molar-refractivity contribution < 1.29 is 44.2 Å². The third kappa shape index (κ3) is 23.6. The van der Waals surface area contributed by atoms with Crippen LogP contribution in [0.4, 0.5) is 0 Å². The molecule has 1 heterocycles. The Morgan fingerprint density at radius 3 is 1.22 bits per heavy atom. The fourth-order valence-corrected chi connectivity index (χ4v) is 7.86. The molecule has 1 aliphatic heterocycles. The van der Waals surface area contributed by atoms with Gasteiger partial charge in [0.2, 0.25) is 5.75 Å². The molecule has 0 saturated carbocycles. The van der Waals surface area contributed by atoms with Gasteiger partial charge >= 0.3 is 0 Å². The number of carbonyl (C=O) groups excluding carboxylic acids is 1. The van der Waals surface area contributed by atoms with E-state index in [0.717, 1.165) is 51.4 Å². The molecule has 1 fully saturated rings. The second-order valence-corrected chi connectivity index (χ2v) is 17.1. The smallest absolute Gasteiger partial charge is 0.252 e. The van der Waals surface area contributed by atoms with Gasteiger partial charge in [-0.05, 0) is 31.4 Å². The summed E-state index contributed by atoms with van der Waals surface area (Å²) in [5, 5.41) is 43.9. The van der Waals surface area contributed by atoms with Crippen molar-refractivity contribution in [3.63, 3.8) is 0 Å². The van der Waals surface area contributed by atoms with E-state index in [9.17, 15) is 25.2 Å². The van der Waals surface area contributed by atoms with Crippen LogP contribution < -0.4 is 19.5 Å². The summed E-state index contributed by atoms with van der Waals surface area (Å²) in [6.07, 6.45) is 30.7. The van der Waals surface area contributed by atoms with Gasteiger partial charge in [0.05, 0.1) is 26.4 Å². The number of benzene rings is 1. The fraction of sp³-hybridized carbons (Fsp3) is 0.857. The van der Waals surface area contributed by atoms with Crippen molar-refractivity contribution in [2.45, 2.75) is 244 Å². The van der Waals surface area contributed by atoms with Crippen LogP contribution in [0.25, 0.3) is 0 Å². The molecule has 1 saturated heterocycles. The van der Waals surface area contributed by atoms with Gasteiger partial charge in [-0.1, -0.05) is 194 Å². The minimum Gasteiger partial charge on any atom is -0.490 e. The highest BCUT2D eigenvalue weighted by atomic mass is 16.6. The summed E-state index contributed by atoms with van der Waals surface area (Å²) in [6.45, 7) is 7.61. The average molecular weight is 836 g/mol. The first-order valence-electron chi connectivity index (χ1n) is 24.6. The molecule has 1 unspecified atom stereocenters. The normalized spacial score (nSPS) is 19.2. The maximum atomic E-state index is 13.8. The molecule has 1 aromatic rings. The Morgan fingerprint density at radius 2 is 0.864 bits per heavy atom. The van der Waals surface area contributed by atoms with Crippen molar-refractivity contribution >= 4 is 5.91 Å². The van der Waals surface area contributed by atoms with Gasteiger partial charge in [-0.2, -0.15) is 0 Å². The Morgan fingerprint density at radius 1 is 0.525 bits per heavy atom. The Kier molecular flexibility index (Phi) is 31.9. The molecule has 59 heavy (non-hydrogen) atoms. The van der Waals surface area contributed by atoms with Crippen molar-refractivity contribution in [2.75, 3.05) is 26.4 Å². The van der Waals surface area contributed by atoms with Crippen molar-refractivity contribution in [3.05, 3.63) is 17.7 Å². The van der Waals surface area contributed by atoms with Crippen LogP contribution in [0, 0.1) is 0 Å². The van der Waals surface area contributed by atoms with Gasteiger partial charge in [0.25, 0.3) is 5.91 Å². The Labute approximate surface area is 359 Å². The lowest BCUT2D eigenvalue weighted by Gasteiger charge is -2.40. The quantitative estimate of drug-likeness (QED) is 0.0409. The highest BCUT2D eigenvalue weighted by molar-refractivity contribution is 5.96. The third-order valence-electron chi connectivity index (χ3n) is 11.7. The second kappa shape index (κ2) is 35.5. The minimum absolute atomic E-state index is 0.214. The molecule has 0 aliphatic carbocycles. The number of hydrogen-bond acceptors (Lipinski definition) is 9. The lowest BCUT2D eigenvalue weighted by Crippen LogP contribution is -2.64. The van der Waals surface area contributed by atoms with E-state index in [1.54, 1.807) is 12.1 Å². The van der Waals surface area contributed by atoms with Crippen molar-refractivity contribution in [2.24, 2.45) is 0 Å². The molecule has 344 valence electrons. The van der Waals surface area contributed by atoms with Gasteiger partial charge in [0, 0.05) is 5.56 Å². The molecular weight excluding hydrogens is 747 g/mol. The summed E-state index contributed by atoms with van der Waals surface area (Å²) in [4.78, 5) is 13.8. The first-order valence-corrected chi connectivity index (χ1v) is 24.6. The molecule has 10 nitrogen and oxygen atoms in total. The van der Waals surface area contributed by atoms with Crippen LogP contribution in [0.2, 0.25) is 0 Å². The number of ether oxygens (including phenoxy) is 4. The molecule has 2 rings (SSSR count). The molecule has 0 bridgehead atoms. The molecule has 0 radical (unpaired) electrons. The van der Waals surface area contributed by atoms with Crippen molar-refractivity contribution in [3.8, 4) is 17.2 Å². The van der Waals surface area contributed by atoms with Gasteiger partial charge in [0.15, 0.2) is 17.8 Å². The summed E-state index contributed by atoms with van der Waals surface area (Å²) < 4.78 is 24.6. The maximum absolute atomic E-state index is 13.8. The van der Waals surface area contributed by atoms with Crippen LogP contribution in [0.1, 0.15) is 224 Å². The van der Waals surface area contributed by atoms with E-state index in [4.69, 9.17) is 18.9 Å². The van der Waals surface area contributed by atoms with E-state index in [-0.39, 0.29) is 5.56 Å². The Hall–Kier alpha value is -2.11. The van der Waals surface area contributed by atoms with Crippen LogP contribution in [0.5, 0.6) is 17.2 Å². The van der Waals surface area contributed by atoms with Crippen LogP contribution >= 0.6 is 0 Å². The average Bonchev–Trinajstić information content (AvgIpc) is 3.24. The molecule has 1 aromatic carbocycles. The summed E-state index contributed by atoms with van der Waals surface area (Å²) in [6, 6.07) is 1.96. The van der Waals surface area contributed by atoms with Crippen molar-refractivity contribution in [1.29, 1.82) is 0 Å². The SMILES string of the molecule is CCCCCCCCCCCCOc1cc(C(=O)N[C@H]2C(O)O[C@H](CO)[C@@H](O)[C@@H]2O)cc(OCCCCCCCCCCCC)c1OCCCCCCCCCCCC. The standard InChI is InChI=1S/C49H89NO9/c1-4-7-10-13-16-19-22-25-28-31-34-56-41-37-40(48(54)50-44-46(53)45(52)43(39-51)59-49(44)55)38-42(57-35-32-29-26-23-20-17-14-11-8-5-2)47(41)58-36-33-30-27-24-21-18-15-12-9-6-3/h37-38,43-46,49,51-53,55H,4-36,39H2,1-3H3,(H,50,54)/t43-,44-,45-,46-,49?/m1/s1. The van der Waals surface area contributed by atoms with Gasteiger partial charge < -0.3 is 44.7 Å². The lowest BCUT2D eigenvalue weighted by molar-refractivity contribution is -0.252. The van der Waals surface area contributed by atoms with Crippen molar-refractivity contribution in [1.82, 2.24) is 5.32 Å². The zero-order valence-corrected chi connectivity index (χ0v) is 37.9. The van der Waals surface area contributed by atoms with Gasteiger partial charge in [-0.3, -0.25) is 4.79 Å². The predicted octanol–water partition coefficient (Wildman–Crippen LogP) is 11.1. The predicted molar refractivity (Wildman–Crippen MR) is 240 cm³/mol. The number of rotatable bonds is 39. The number of unbranched alkanes of at least 4 members (excludes halogenated alkanes) is 27. The van der Waals surface area contributed by atoms with E-state index in [2.05, 4.69) is 26.1 Å². The number of aliphatic hydroxyl groups excluding tert-OH is 4. The molecule has 5 N–H and O–H groups in total. The Bertz CT molecular complexity index is 1110. The fourth-order valence-electron chi connectivity index (χ4n) is 7.86. The van der Waals surface area contributed by atoms with E-state index < -0.39 is 43.2 Å². The molecule has 0 aromatic heterocycles. The molecule has 0 spiro atoms. The molecular formula is C49H89NO9. The number of hydrogen-bond donors (Lipinski definition) is 5. The summed E-state index contributed by atoms with van der Waals surface area (Å²) in [5.41, 5.74) is 0.214. The van der Waals surface area contributed by atoms with E-state index in [1.165, 1.54) is 141 Å². The number of amides is 1. The van der Waals surface area contributed by atoms with Crippen LogP contribution in [-0.2, 0) is 4.74 Å². The van der Waals surface area contributed by atoms with Gasteiger partial charge in [0.1, 0.15) is 24.4 Å². The first kappa shape index (κ1) is 53.0. The minimum atomic E-state index is -1.63. The van der Waals surface area contributed by atoms with Crippen LogP contribution in [-0.4, -0.2) is 83.4 Å². The monoisotopic (exact) mass is 836 g/mol. The highest BCUT2D eigenvalue weighted by Crippen LogP contribution is 2.40. The van der Waals surface area contributed by atoms with E-state index in [0.29, 0.717) is 37.1 Å². The second-order valence-electron chi connectivity index (χ2n) is 17.1.